The van der Waals surface area contributed by atoms with Gasteiger partial charge in [0.15, 0.2) is 15.8 Å². The maximum absolute atomic E-state index is 11.3. The molecule has 0 amide bonds. The summed E-state index contributed by atoms with van der Waals surface area (Å²) >= 11 is 0. The Morgan fingerprint density at radius 2 is 1.95 bits per heavy atom. The number of likely N-dealkylation sites (tertiary alicyclic amines) is 1. The average Bonchev–Trinajstić information content (AvgIpc) is 2.40. The fourth-order valence-corrected chi connectivity index (χ4v) is 4.05. The third-order valence-electron chi connectivity index (χ3n) is 4.11. The molecule has 2 fully saturated rings. The van der Waals surface area contributed by atoms with Crippen LogP contribution in [0.3, 0.4) is 0 Å². The summed E-state index contributed by atoms with van der Waals surface area (Å²) in [6.07, 6.45) is 2.45. The van der Waals surface area contributed by atoms with Crippen molar-refractivity contribution < 1.29 is 8.42 Å². The number of guanidine groups is 1. The Hall–Kier alpha value is -0.0900. The van der Waals surface area contributed by atoms with Crippen molar-refractivity contribution in [3.8, 4) is 0 Å². The van der Waals surface area contributed by atoms with Crippen molar-refractivity contribution in [3.05, 3.63) is 0 Å². The van der Waals surface area contributed by atoms with Gasteiger partial charge in [0.2, 0.25) is 0 Å². The second-order valence-corrected chi connectivity index (χ2v) is 8.23. The van der Waals surface area contributed by atoms with Crippen molar-refractivity contribution in [2.75, 3.05) is 50.8 Å². The molecular weight excluding hydrogens is 403 g/mol. The summed E-state index contributed by atoms with van der Waals surface area (Å²) < 4.78 is 22.7. The Balaban J connectivity index is 0.00000220. The normalized spacial score (nSPS) is 27.2. The number of nitrogens with zero attached hydrogens (tertiary/aromatic N) is 3. The number of sulfone groups is 1. The number of hydrogen-bond acceptors (Lipinski definition) is 4. The Labute approximate surface area is 145 Å². The average molecular weight is 430 g/mol. The number of aliphatic imine (C=N–C) groups is 1. The van der Waals surface area contributed by atoms with Crippen molar-refractivity contribution in [2.24, 2.45) is 16.6 Å². The first-order valence-electron chi connectivity index (χ1n) is 7.44. The van der Waals surface area contributed by atoms with E-state index in [1.165, 1.54) is 12.8 Å². The molecule has 21 heavy (non-hydrogen) atoms. The first kappa shape index (κ1) is 19.0. The molecule has 2 rings (SSSR count). The highest BCUT2D eigenvalue weighted by Gasteiger charge is 2.21. The van der Waals surface area contributed by atoms with Crippen LogP contribution in [-0.4, -0.2) is 75.0 Å². The molecule has 2 saturated heterocycles. The molecule has 1 unspecified atom stereocenters. The third-order valence-corrected chi connectivity index (χ3v) is 5.72. The van der Waals surface area contributed by atoms with Crippen LogP contribution in [0.1, 0.15) is 19.8 Å². The van der Waals surface area contributed by atoms with Gasteiger partial charge in [-0.15, -0.1) is 24.0 Å². The summed E-state index contributed by atoms with van der Waals surface area (Å²) in [6, 6.07) is 0. The minimum absolute atomic E-state index is 0. The highest BCUT2D eigenvalue weighted by atomic mass is 127. The van der Waals surface area contributed by atoms with Gasteiger partial charge >= 0.3 is 0 Å². The summed E-state index contributed by atoms with van der Waals surface area (Å²) in [4.78, 5) is 8.75. The molecule has 0 aromatic heterocycles. The van der Waals surface area contributed by atoms with E-state index < -0.39 is 9.84 Å². The largest absolute Gasteiger partial charge is 0.370 e. The fourth-order valence-electron chi connectivity index (χ4n) is 2.78. The lowest BCUT2D eigenvalue weighted by Crippen LogP contribution is -2.44. The highest BCUT2D eigenvalue weighted by molar-refractivity contribution is 14.0. The Bertz CT molecular complexity index is 441. The summed E-state index contributed by atoms with van der Waals surface area (Å²) in [5.74, 6) is 1.87. The minimum atomic E-state index is -2.79. The van der Waals surface area contributed by atoms with Gasteiger partial charge in [0, 0.05) is 32.7 Å². The lowest BCUT2D eigenvalue weighted by Gasteiger charge is -2.32. The van der Waals surface area contributed by atoms with Crippen molar-refractivity contribution in [1.82, 2.24) is 9.80 Å². The van der Waals surface area contributed by atoms with E-state index in [2.05, 4.69) is 21.7 Å². The van der Waals surface area contributed by atoms with Gasteiger partial charge in [-0.1, -0.05) is 6.92 Å². The molecule has 2 heterocycles. The summed E-state index contributed by atoms with van der Waals surface area (Å²) in [5.41, 5.74) is 6.03. The van der Waals surface area contributed by atoms with Gasteiger partial charge in [-0.3, -0.25) is 9.89 Å². The number of hydrogen-bond donors (Lipinski definition) is 1. The molecule has 0 radical (unpaired) electrons. The minimum Gasteiger partial charge on any atom is -0.370 e. The molecule has 0 aliphatic carbocycles. The van der Waals surface area contributed by atoms with E-state index in [0.29, 0.717) is 31.5 Å². The number of halogens is 1. The van der Waals surface area contributed by atoms with Crippen LogP contribution in [0.4, 0.5) is 0 Å². The molecule has 0 spiro atoms. The Morgan fingerprint density at radius 1 is 1.29 bits per heavy atom. The molecular formula is C13H27IN4O2S. The molecule has 8 heteroatoms. The molecule has 2 aliphatic heterocycles. The topological polar surface area (TPSA) is 79.0 Å². The van der Waals surface area contributed by atoms with Gasteiger partial charge in [-0.25, -0.2) is 8.42 Å². The smallest absolute Gasteiger partial charge is 0.191 e. The quantitative estimate of drug-likeness (QED) is 0.398. The summed E-state index contributed by atoms with van der Waals surface area (Å²) in [5, 5.41) is 0. The SMILES string of the molecule is CC1CCCN(C(N)=NCCN2CCS(=O)(=O)CC2)C1.I. The first-order valence-corrected chi connectivity index (χ1v) is 9.26. The maximum Gasteiger partial charge on any atom is 0.191 e. The van der Waals surface area contributed by atoms with E-state index in [0.717, 1.165) is 19.6 Å². The van der Waals surface area contributed by atoms with E-state index in [4.69, 9.17) is 5.73 Å². The van der Waals surface area contributed by atoms with Crippen LogP contribution in [0.15, 0.2) is 4.99 Å². The summed E-state index contributed by atoms with van der Waals surface area (Å²) in [6.45, 7) is 6.93. The number of nitrogens with two attached hydrogens (primary N) is 1. The fraction of sp³-hybridized carbons (Fsp3) is 0.923. The van der Waals surface area contributed by atoms with Gasteiger partial charge < -0.3 is 10.6 Å². The zero-order chi connectivity index (χ0) is 14.6. The summed E-state index contributed by atoms with van der Waals surface area (Å²) in [7, 11) is -2.79. The molecule has 0 bridgehead atoms. The molecule has 6 nitrogen and oxygen atoms in total. The Morgan fingerprint density at radius 3 is 2.57 bits per heavy atom. The zero-order valence-electron chi connectivity index (χ0n) is 12.7. The second-order valence-electron chi connectivity index (χ2n) is 5.93. The van der Waals surface area contributed by atoms with Crippen LogP contribution < -0.4 is 5.73 Å². The lowest BCUT2D eigenvalue weighted by atomic mass is 10.0. The number of rotatable bonds is 3. The predicted molar refractivity (Wildman–Crippen MR) is 97.0 cm³/mol. The molecule has 1 atom stereocenters. The first-order chi connectivity index (χ1) is 9.46. The monoisotopic (exact) mass is 430 g/mol. The number of piperidine rings is 1. The zero-order valence-corrected chi connectivity index (χ0v) is 15.8. The highest BCUT2D eigenvalue weighted by Crippen LogP contribution is 2.14. The molecule has 124 valence electrons. The standard InChI is InChI=1S/C13H26N4O2S.HI/c1-12-3-2-5-17(11-12)13(14)15-4-6-16-7-9-20(18,19)10-8-16;/h12H,2-11H2,1H3,(H2,14,15);1H. The van der Waals surface area contributed by atoms with Crippen LogP contribution in [0, 0.1) is 5.92 Å². The van der Waals surface area contributed by atoms with Crippen LogP contribution in [-0.2, 0) is 9.84 Å². The van der Waals surface area contributed by atoms with E-state index >= 15 is 0 Å². The van der Waals surface area contributed by atoms with Crippen LogP contribution in [0.25, 0.3) is 0 Å². The van der Waals surface area contributed by atoms with E-state index in [9.17, 15) is 8.42 Å². The molecule has 0 aromatic carbocycles. The molecule has 2 aliphatic rings. The van der Waals surface area contributed by atoms with E-state index in [1.54, 1.807) is 0 Å². The third kappa shape index (κ3) is 6.27. The van der Waals surface area contributed by atoms with Crippen LogP contribution >= 0.6 is 24.0 Å². The predicted octanol–water partition coefficient (Wildman–Crippen LogP) is 0.381. The van der Waals surface area contributed by atoms with Crippen LogP contribution in [0.5, 0.6) is 0 Å². The van der Waals surface area contributed by atoms with Crippen LogP contribution in [0.2, 0.25) is 0 Å². The Kier molecular flexibility index (Phi) is 7.69. The van der Waals surface area contributed by atoms with Crippen molar-refractivity contribution in [1.29, 1.82) is 0 Å². The molecule has 0 aromatic rings. The van der Waals surface area contributed by atoms with Crippen molar-refractivity contribution >= 4 is 39.8 Å². The van der Waals surface area contributed by atoms with Crippen molar-refractivity contribution in [2.45, 2.75) is 19.8 Å². The van der Waals surface area contributed by atoms with Gasteiger partial charge in [0.1, 0.15) is 0 Å². The lowest BCUT2D eigenvalue weighted by molar-refractivity contribution is 0.268. The van der Waals surface area contributed by atoms with Crippen molar-refractivity contribution in [3.63, 3.8) is 0 Å². The molecule has 2 N–H and O–H groups in total. The van der Waals surface area contributed by atoms with Gasteiger partial charge in [-0.05, 0) is 18.8 Å². The van der Waals surface area contributed by atoms with E-state index in [-0.39, 0.29) is 35.5 Å². The molecule has 0 saturated carbocycles. The van der Waals surface area contributed by atoms with Gasteiger partial charge in [0.05, 0.1) is 18.1 Å². The van der Waals surface area contributed by atoms with Gasteiger partial charge in [0.25, 0.3) is 0 Å². The van der Waals surface area contributed by atoms with Gasteiger partial charge in [-0.2, -0.15) is 0 Å². The van der Waals surface area contributed by atoms with E-state index in [1.807, 2.05) is 0 Å². The second kappa shape index (κ2) is 8.52. The maximum atomic E-state index is 11.3.